The van der Waals surface area contributed by atoms with Gasteiger partial charge in [0.25, 0.3) is 10.0 Å². The van der Waals surface area contributed by atoms with Crippen LogP contribution in [0.3, 0.4) is 0 Å². The maximum Gasteiger partial charge on any atom is 0.253 e. The minimum absolute atomic E-state index is 0.0549. The van der Waals surface area contributed by atoms with Gasteiger partial charge >= 0.3 is 0 Å². The molecule has 1 aliphatic rings. The summed E-state index contributed by atoms with van der Waals surface area (Å²) in [5.74, 6) is -1.75. The Kier molecular flexibility index (Phi) is 7.14. The predicted molar refractivity (Wildman–Crippen MR) is 109 cm³/mol. The second-order valence-corrected chi connectivity index (χ2v) is 8.36. The molecule has 0 bridgehead atoms. The first-order valence-corrected chi connectivity index (χ1v) is 10.3. The molecule has 0 aromatic heterocycles. The second-order valence-electron chi connectivity index (χ2n) is 6.17. The minimum atomic E-state index is -3.93. The lowest BCUT2D eigenvalue weighted by molar-refractivity contribution is -0.118. The summed E-state index contributed by atoms with van der Waals surface area (Å²) in [5.41, 5.74) is 12.5. The van der Waals surface area contributed by atoms with Crippen LogP contribution in [-0.4, -0.2) is 31.7 Å². The third-order valence-electron chi connectivity index (χ3n) is 3.86. The van der Waals surface area contributed by atoms with Crippen LogP contribution in [0, 0.1) is 11.3 Å². The average Bonchev–Trinajstić information content (AvgIpc) is 2.64. The van der Waals surface area contributed by atoms with E-state index in [0.717, 1.165) is 0 Å². The number of anilines is 1. The number of carbonyl (C=O) groups excluding carboxylic acids is 2. The number of rotatable bonds is 7. The number of benzene rings is 1. The zero-order valence-corrected chi connectivity index (χ0v) is 16.8. The highest BCUT2D eigenvalue weighted by molar-refractivity contribution is 7.90. The molecular weight excluding hydrogens is 418 g/mol. The van der Waals surface area contributed by atoms with Crippen LogP contribution in [0.25, 0.3) is 0 Å². The lowest BCUT2D eigenvalue weighted by Crippen LogP contribution is -2.27. The molecule has 29 heavy (non-hydrogen) atoms. The van der Waals surface area contributed by atoms with E-state index >= 15 is 0 Å². The first-order valence-electron chi connectivity index (χ1n) is 8.34. The van der Waals surface area contributed by atoms with Gasteiger partial charge in [-0.2, -0.15) is 9.66 Å². The van der Waals surface area contributed by atoms with Crippen molar-refractivity contribution in [3.8, 4) is 6.07 Å². The van der Waals surface area contributed by atoms with E-state index in [1.165, 1.54) is 18.2 Å². The summed E-state index contributed by atoms with van der Waals surface area (Å²) >= 11 is 5.99. The number of nitrogen functional groups attached to an aromatic ring is 1. The monoisotopic (exact) mass is 435 g/mol. The summed E-state index contributed by atoms with van der Waals surface area (Å²) in [7, 11) is -3.93. The zero-order valence-electron chi connectivity index (χ0n) is 15.2. The first-order chi connectivity index (χ1) is 13.6. The molecule has 1 aromatic rings. The second kappa shape index (κ2) is 9.36. The van der Waals surface area contributed by atoms with Gasteiger partial charge in [0.1, 0.15) is 0 Å². The van der Waals surface area contributed by atoms with E-state index in [-0.39, 0.29) is 35.7 Å². The number of nitrogens with one attached hydrogen (secondary N) is 1. The van der Waals surface area contributed by atoms with Crippen LogP contribution in [0.5, 0.6) is 0 Å². The van der Waals surface area contributed by atoms with Crippen molar-refractivity contribution in [2.45, 2.75) is 19.4 Å². The Morgan fingerprint density at radius 3 is 2.66 bits per heavy atom. The lowest BCUT2D eigenvalue weighted by Gasteiger charge is -2.14. The summed E-state index contributed by atoms with van der Waals surface area (Å²) < 4.78 is 27.5. The Labute approximate surface area is 172 Å². The van der Waals surface area contributed by atoms with Gasteiger partial charge in [0, 0.05) is 35.7 Å². The highest BCUT2D eigenvalue weighted by Gasteiger charge is 2.19. The fourth-order valence-corrected chi connectivity index (χ4v) is 3.72. The number of carbonyl (C=O) groups is 2. The number of amides is 2. The van der Waals surface area contributed by atoms with Gasteiger partial charge in [0.15, 0.2) is 0 Å². The molecule has 5 N–H and O–H groups in total. The molecule has 0 atom stereocenters. The molecule has 2 amide bonds. The Morgan fingerprint density at radius 2 is 2.03 bits per heavy atom. The van der Waals surface area contributed by atoms with E-state index in [4.69, 9.17) is 28.3 Å². The summed E-state index contributed by atoms with van der Waals surface area (Å²) in [4.78, 5) is 23.2. The summed E-state index contributed by atoms with van der Waals surface area (Å²) in [5, 5.41) is 11.7. The summed E-state index contributed by atoms with van der Waals surface area (Å²) in [6.45, 7) is 0.110. The molecule has 1 aliphatic carbocycles. The summed E-state index contributed by atoms with van der Waals surface area (Å²) in [6.07, 6.45) is 2.33. The zero-order chi connectivity index (χ0) is 21.6. The molecule has 0 saturated heterocycles. The molecule has 2 rings (SSSR count). The Morgan fingerprint density at radius 1 is 1.31 bits per heavy atom. The topological polar surface area (TPSA) is 168 Å². The molecule has 152 valence electrons. The van der Waals surface area contributed by atoms with Gasteiger partial charge in [0.2, 0.25) is 11.8 Å². The lowest BCUT2D eigenvalue weighted by atomic mass is 10.0. The number of nitriles is 1. The van der Waals surface area contributed by atoms with Crippen molar-refractivity contribution in [1.29, 1.82) is 5.26 Å². The van der Waals surface area contributed by atoms with E-state index < -0.39 is 27.6 Å². The number of nitrogens with two attached hydrogens (primary N) is 2. The molecule has 1 aromatic carbocycles. The normalized spacial score (nSPS) is 15.2. The van der Waals surface area contributed by atoms with Crippen molar-refractivity contribution in [3.63, 3.8) is 0 Å². The van der Waals surface area contributed by atoms with Crippen molar-refractivity contribution in [2.75, 3.05) is 11.5 Å². The molecule has 9 nitrogen and oxygen atoms in total. The molecule has 0 heterocycles. The molecule has 0 saturated carbocycles. The van der Waals surface area contributed by atoms with Crippen molar-refractivity contribution < 1.29 is 18.0 Å². The first kappa shape index (κ1) is 22.1. The highest BCUT2D eigenvalue weighted by Crippen LogP contribution is 2.20. The van der Waals surface area contributed by atoms with Gasteiger partial charge in [-0.15, -0.1) is 0 Å². The predicted octanol–water partition coefficient (Wildman–Crippen LogP) is 0.856. The molecule has 11 heteroatoms. The van der Waals surface area contributed by atoms with Crippen molar-refractivity contribution in [2.24, 2.45) is 10.1 Å². The molecular formula is C18H18ClN5O4S. The van der Waals surface area contributed by atoms with E-state index in [0.29, 0.717) is 16.8 Å². The van der Waals surface area contributed by atoms with Crippen LogP contribution < -0.4 is 16.8 Å². The molecule has 0 radical (unpaired) electrons. The van der Waals surface area contributed by atoms with Crippen molar-refractivity contribution >= 4 is 44.8 Å². The SMILES string of the molecule is N#Cc1ccc(CNC(=O)C2=CC(Cl)=CC(=NS(=O)(=O)CCC(N)=O)C2)c(N)c1. The van der Waals surface area contributed by atoms with Gasteiger partial charge in [-0.05, 0) is 29.8 Å². The van der Waals surface area contributed by atoms with Crippen LogP contribution >= 0.6 is 11.6 Å². The van der Waals surface area contributed by atoms with Gasteiger partial charge in [-0.25, -0.2) is 8.42 Å². The fourth-order valence-electron chi connectivity index (χ4n) is 2.44. The van der Waals surface area contributed by atoms with Crippen LogP contribution in [0.15, 0.2) is 45.4 Å². The van der Waals surface area contributed by atoms with Crippen LogP contribution in [0.4, 0.5) is 5.69 Å². The fraction of sp³-hybridized carbons (Fsp3) is 0.222. The molecule has 0 unspecified atom stereocenters. The standard InChI is InChI=1S/C18H18ClN5O4S/c19-14-6-13(7-15(8-14)24-29(27,28)4-3-17(22)25)18(26)23-10-12-2-1-11(9-20)5-16(12)21/h1-2,5-6,8H,3-4,7,10,21H2,(H2,22,25)(H,23,26). The van der Waals surface area contributed by atoms with Crippen molar-refractivity contribution in [1.82, 2.24) is 5.32 Å². The Balaban J connectivity index is 2.08. The van der Waals surface area contributed by atoms with E-state index in [9.17, 15) is 18.0 Å². The maximum absolute atomic E-state index is 12.5. The van der Waals surface area contributed by atoms with Crippen LogP contribution in [0.1, 0.15) is 24.0 Å². The number of nitrogens with zero attached hydrogens (tertiary/aromatic N) is 2. The van der Waals surface area contributed by atoms with Crippen LogP contribution in [-0.2, 0) is 26.2 Å². The maximum atomic E-state index is 12.5. The van der Waals surface area contributed by atoms with Gasteiger partial charge in [0.05, 0.1) is 23.1 Å². The smallest absolute Gasteiger partial charge is 0.253 e. The van der Waals surface area contributed by atoms with Gasteiger partial charge < -0.3 is 16.8 Å². The van der Waals surface area contributed by atoms with E-state index in [1.54, 1.807) is 12.1 Å². The molecule has 0 fully saturated rings. The number of allylic oxidation sites excluding steroid dienone is 3. The number of primary amides is 1. The quantitative estimate of drug-likeness (QED) is 0.536. The van der Waals surface area contributed by atoms with Crippen LogP contribution in [0.2, 0.25) is 0 Å². The Hall–Kier alpha value is -3.16. The van der Waals surface area contributed by atoms with Crippen molar-refractivity contribution in [3.05, 3.63) is 52.1 Å². The third-order valence-corrected chi connectivity index (χ3v) is 5.31. The average molecular weight is 436 g/mol. The Bertz CT molecular complexity index is 1080. The van der Waals surface area contributed by atoms with Gasteiger partial charge in [-0.3, -0.25) is 9.59 Å². The van der Waals surface area contributed by atoms with E-state index in [2.05, 4.69) is 9.71 Å². The minimum Gasteiger partial charge on any atom is -0.398 e. The number of hydrogen-bond donors (Lipinski definition) is 3. The number of sulfonamides is 1. The van der Waals surface area contributed by atoms with E-state index in [1.807, 2.05) is 6.07 Å². The van der Waals surface area contributed by atoms with Gasteiger partial charge in [-0.1, -0.05) is 17.7 Å². The molecule has 0 aliphatic heterocycles. The number of halogens is 1. The highest BCUT2D eigenvalue weighted by atomic mass is 35.5. The number of hydrogen-bond acceptors (Lipinski definition) is 6. The molecule has 0 spiro atoms. The summed E-state index contributed by atoms with van der Waals surface area (Å²) in [6, 6.07) is 6.69. The largest absolute Gasteiger partial charge is 0.398 e. The third kappa shape index (κ3) is 6.74.